The van der Waals surface area contributed by atoms with E-state index in [2.05, 4.69) is 29.2 Å². The number of aromatic nitrogens is 1. The maximum absolute atomic E-state index is 12.8. The van der Waals surface area contributed by atoms with E-state index in [1.54, 1.807) is 29.4 Å². The zero-order chi connectivity index (χ0) is 19.7. The molecule has 5 heteroatoms. The van der Waals surface area contributed by atoms with Gasteiger partial charge < -0.3 is 9.80 Å². The van der Waals surface area contributed by atoms with Crippen molar-refractivity contribution in [1.29, 1.82) is 0 Å². The summed E-state index contributed by atoms with van der Waals surface area (Å²) in [6.45, 7) is 1.51. The average molecular weight is 377 g/mol. The van der Waals surface area contributed by atoms with Gasteiger partial charge in [-0.1, -0.05) is 24.3 Å². The lowest BCUT2D eigenvalue weighted by Gasteiger charge is -2.40. The molecule has 0 N–H and O–H groups in total. The molecular weight excluding hydrogens is 350 g/mol. The van der Waals surface area contributed by atoms with Gasteiger partial charge in [-0.15, -0.1) is 0 Å². The van der Waals surface area contributed by atoms with Crippen LogP contribution in [0.4, 0.5) is 0 Å². The Morgan fingerprint density at radius 1 is 1.11 bits per heavy atom. The van der Waals surface area contributed by atoms with Crippen LogP contribution >= 0.6 is 0 Å². The first kappa shape index (κ1) is 18.7. The van der Waals surface area contributed by atoms with Crippen LogP contribution in [-0.4, -0.2) is 53.8 Å². The molecule has 1 saturated heterocycles. The number of hydrogen-bond donors (Lipinski definition) is 0. The van der Waals surface area contributed by atoms with E-state index in [4.69, 9.17) is 0 Å². The van der Waals surface area contributed by atoms with Crippen LogP contribution in [0.25, 0.3) is 0 Å². The summed E-state index contributed by atoms with van der Waals surface area (Å²) in [6, 6.07) is 12.2. The normalized spacial score (nSPS) is 20.1. The highest BCUT2D eigenvalue weighted by Gasteiger charge is 2.46. The van der Waals surface area contributed by atoms with Gasteiger partial charge in [0.2, 0.25) is 5.91 Å². The number of nitrogens with zero attached hydrogens (tertiary/aromatic N) is 3. The summed E-state index contributed by atoms with van der Waals surface area (Å²) < 4.78 is 0. The van der Waals surface area contributed by atoms with Crippen LogP contribution < -0.4 is 0 Å². The molecule has 2 heterocycles. The van der Waals surface area contributed by atoms with Crippen LogP contribution in [0, 0.1) is 0 Å². The Balaban J connectivity index is 1.52. The summed E-state index contributed by atoms with van der Waals surface area (Å²) in [4.78, 5) is 32.8. The maximum Gasteiger partial charge on any atom is 0.253 e. The van der Waals surface area contributed by atoms with Crippen molar-refractivity contribution in [2.45, 2.75) is 37.0 Å². The summed E-state index contributed by atoms with van der Waals surface area (Å²) in [5, 5.41) is 0. The number of piperidine rings is 1. The average Bonchev–Trinajstić information content (AvgIpc) is 3.02. The van der Waals surface area contributed by atoms with Gasteiger partial charge in [0, 0.05) is 51.6 Å². The van der Waals surface area contributed by atoms with Crippen LogP contribution in [0.15, 0.2) is 48.8 Å². The van der Waals surface area contributed by atoms with Crippen molar-refractivity contribution in [3.63, 3.8) is 0 Å². The number of likely N-dealkylation sites (tertiary alicyclic amines) is 1. The molecule has 28 heavy (non-hydrogen) atoms. The standard InChI is InChI=1S/C23H27N3O2/c1-25(2)21(27)15-18-16-23(20-6-4-3-5-19(18)20)9-13-26(14-10-23)22(28)17-7-11-24-12-8-17/h3-8,11-12,18H,9-10,13-16H2,1-2H3/t18-/m0/s1. The molecule has 1 fully saturated rings. The highest BCUT2D eigenvalue weighted by atomic mass is 16.2. The van der Waals surface area contributed by atoms with Crippen LogP contribution in [0.3, 0.4) is 0 Å². The first-order chi connectivity index (χ1) is 13.5. The predicted molar refractivity (Wildman–Crippen MR) is 108 cm³/mol. The first-order valence-corrected chi connectivity index (χ1v) is 9.99. The molecule has 5 nitrogen and oxygen atoms in total. The van der Waals surface area contributed by atoms with Gasteiger partial charge in [-0.3, -0.25) is 14.6 Å². The topological polar surface area (TPSA) is 53.5 Å². The minimum Gasteiger partial charge on any atom is -0.349 e. The third-order valence-corrected chi connectivity index (χ3v) is 6.46. The lowest BCUT2D eigenvalue weighted by atomic mass is 9.73. The highest BCUT2D eigenvalue weighted by molar-refractivity contribution is 5.94. The van der Waals surface area contributed by atoms with Crippen molar-refractivity contribution in [2.24, 2.45) is 0 Å². The summed E-state index contributed by atoms with van der Waals surface area (Å²) in [6.07, 6.45) is 6.80. The second kappa shape index (κ2) is 7.38. The summed E-state index contributed by atoms with van der Waals surface area (Å²) in [5.41, 5.74) is 3.50. The molecule has 146 valence electrons. The third kappa shape index (κ3) is 3.30. The molecule has 2 aliphatic rings. The molecule has 0 bridgehead atoms. The molecule has 0 unspecified atom stereocenters. The maximum atomic E-state index is 12.8. The second-order valence-electron chi connectivity index (χ2n) is 8.29. The molecule has 2 amide bonds. The molecule has 1 spiro atoms. The van der Waals surface area contributed by atoms with E-state index in [0.29, 0.717) is 12.0 Å². The fraction of sp³-hybridized carbons (Fsp3) is 0.435. The molecule has 0 saturated carbocycles. The Labute approximate surface area is 166 Å². The fourth-order valence-electron chi connectivity index (χ4n) is 4.89. The fourth-order valence-corrected chi connectivity index (χ4v) is 4.89. The van der Waals surface area contributed by atoms with Crippen molar-refractivity contribution in [3.05, 3.63) is 65.5 Å². The zero-order valence-electron chi connectivity index (χ0n) is 16.6. The second-order valence-corrected chi connectivity index (χ2v) is 8.29. The molecule has 1 aliphatic heterocycles. The van der Waals surface area contributed by atoms with Crippen LogP contribution in [0.2, 0.25) is 0 Å². The van der Waals surface area contributed by atoms with Gasteiger partial charge in [-0.05, 0) is 53.9 Å². The molecule has 2 aromatic rings. The van der Waals surface area contributed by atoms with E-state index in [9.17, 15) is 9.59 Å². The minimum absolute atomic E-state index is 0.0860. The van der Waals surface area contributed by atoms with E-state index in [1.807, 2.05) is 19.0 Å². The monoisotopic (exact) mass is 377 g/mol. The minimum atomic E-state index is 0.0860. The van der Waals surface area contributed by atoms with Crippen LogP contribution in [0.5, 0.6) is 0 Å². The number of hydrogen-bond acceptors (Lipinski definition) is 3. The SMILES string of the molecule is CN(C)C(=O)C[C@H]1CC2(CCN(C(=O)c3ccncc3)CC2)c2ccccc21. The Morgan fingerprint density at radius 3 is 2.46 bits per heavy atom. The number of carbonyl (C=O) groups is 2. The molecule has 1 aromatic carbocycles. The zero-order valence-corrected chi connectivity index (χ0v) is 16.6. The van der Waals surface area contributed by atoms with Crippen molar-refractivity contribution in [2.75, 3.05) is 27.2 Å². The van der Waals surface area contributed by atoms with E-state index in [0.717, 1.165) is 32.4 Å². The summed E-state index contributed by atoms with van der Waals surface area (Å²) in [7, 11) is 3.64. The molecule has 1 aliphatic carbocycles. The van der Waals surface area contributed by atoms with Gasteiger partial charge in [0.25, 0.3) is 5.91 Å². The van der Waals surface area contributed by atoms with Gasteiger partial charge in [0.1, 0.15) is 0 Å². The van der Waals surface area contributed by atoms with Crippen LogP contribution in [0.1, 0.15) is 53.1 Å². The Morgan fingerprint density at radius 2 is 1.79 bits per heavy atom. The molecule has 1 atom stereocenters. The van der Waals surface area contributed by atoms with Crippen molar-refractivity contribution >= 4 is 11.8 Å². The number of rotatable bonds is 3. The molecular formula is C23H27N3O2. The van der Waals surface area contributed by atoms with Gasteiger partial charge in [-0.2, -0.15) is 0 Å². The molecule has 1 aromatic heterocycles. The van der Waals surface area contributed by atoms with Gasteiger partial charge in [-0.25, -0.2) is 0 Å². The predicted octanol–water partition coefficient (Wildman–Crippen LogP) is 3.22. The van der Waals surface area contributed by atoms with Crippen molar-refractivity contribution in [3.8, 4) is 0 Å². The molecule has 4 rings (SSSR count). The van der Waals surface area contributed by atoms with E-state index in [1.165, 1.54) is 11.1 Å². The van der Waals surface area contributed by atoms with Gasteiger partial charge in [0.15, 0.2) is 0 Å². The Hall–Kier alpha value is -2.69. The first-order valence-electron chi connectivity index (χ1n) is 9.99. The van der Waals surface area contributed by atoms with E-state index in [-0.39, 0.29) is 23.1 Å². The Bertz CT molecular complexity index is 870. The Kier molecular flexibility index (Phi) is 4.92. The van der Waals surface area contributed by atoms with Crippen molar-refractivity contribution < 1.29 is 9.59 Å². The lowest BCUT2D eigenvalue weighted by Crippen LogP contribution is -2.44. The molecule has 0 radical (unpaired) electrons. The number of pyridine rings is 1. The number of amides is 2. The third-order valence-electron chi connectivity index (χ3n) is 6.46. The number of carbonyl (C=O) groups excluding carboxylic acids is 2. The summed E-state index contributed by atoms with van der Waals surface area (Å²) in [5.74, 6) is 0.540. The van der Waals surface area contributed by atoms with Crippen molar-refractivity contribution in [1.82, 2.24) is 14.8 Å². The summed E-state index contributed by atoms with van der Waals surface area (Å²) >= 11 is 0. The lowest BCUT2D eigenvalue weighted by molar-refractivity contribution is -0.129. The quantitative estimate of drug-likeness (QED) is 0.825. The smallest absolute Gasteiger partial charge is 0.253 e. The highest BCUT2D eigenvalue weighted by Crippen LogP contribution is 2.52. The van der Waals surface area contributed by atoms with E-state index >= 15 is 0 Å². The largest absolute Gasteiger partial charge is 0.349 e. The van der Waals surface area contributed by atoms with Gasteiger partial charge >= 0.3 is 0 Å². The number of benzene rings is 1. The number of fused-ring (bicyclic) bond motifs is 2. The van der Waals surface area contributed by atoms with Crippen LogP contribution in [-0.2, 0) is 10.2 Å². The van der Waals surface area contributed by atoms with Gasteiger partial charge in [0.05, 0.1) is 0 Å². The van der Waals surface area contributed by atoms with E-state index < -0.39 is 0 Å².